The zero-order chi connectivity index (χ0) is 13.2. The second kappa shape index (κ2) is 4.87. The van der Waals surface area contributed by atoms with E-state index in [1.54, 1.807) is 17.5 Å². The van der Waals surface area contributed by atoms with Crippen molar-refractivity contribution in [3.63, 3.8) is 0 Å². The lowest BCUT2D eigenvalue weighted by Crippen LogP contribution is -2.10. The molecule has 0 saturated carbocycles. The fourth-order valence-electron chi connectivity index (χ4n) is 1.27. The van der Waals surface area contributed by atoms with Gasteiger partial charge in [0.1, 0.15) is 0 Å². The van der Waals surface area contributed by atoms with Crippen LogP contribution in [0, 0.1) is 0 Å². The van der Waals surface area contributed by atoms with Gasteiger partial charge < -0.3 is 5.32 Å². The highest BCUT2D eigenvalue weighted by atomic mass is 32.2. The van der Waals surface area contributed by atoms with Crippen molar-refractivity contribution in [1.29, 1.82) is 0 Å². The van der Waals surface area contributed by atoms with E-state index in [9.17, 15) is 13.2 Å². The Balaban J connectivity index is 2.14. The van der Waals surface area contributed by atoms with E-state index in [0.717, 1.165) is 6.26 Å². The fourth-order valence-corrected chi connectivity index (χ4v) is 2.45. The Morgan fingerprint density at radius 2 is 2.11 bits per heavy atom. The van der Waals surface area contributed by atoms with E-state index in [-0.39, 0.29) is 10.9 Å². The monoisotopic (exact) mass is 282 g/mol. The molecule has 0 atom stereocenters. The second-order valence-electron chi connectivity index (χ2n) is 3.59. The van der Waals surface area contributed by atoms with Gasteiger partial charge in [-0.3, -0.25) is 4.79 Å². The highest BCUT2D eigenvalue weighted by molar-refractivity contribution is 7.90. The minimum Gasteiger partial charge on any atom is -0.320 e. The number of hydrogen-bond acceptors (Lipinski definition) is 5. The van der Waals surface area contributed by atoms with Crippen molar-refractivity contribution < 1.29 is 13.2 Å². The van der Waals surface area contributed by atoms with Gasteiger partial charge in [0.05, 0.1) is 16.8 Å². The van der Waals surface area contributed by atoms with Gasteiger partial charge in [0.25, 0.3) is 5.91 Å². The first-order valence-electron chi connectivity index (χ1n) is 4.98. The smallest absolute Gasteiger partial charge is 0.265 e. The predicted octanol–water partition coefficient (Wildman–Crippen LogP) is 1.80. The average molecular weight is 282 g/mol. The normalized spacial score (nSPS) is 11.2. The summed E-state index contributed by atoms with van der Waals surface area (Å²) in [6, 6.07) is 6.36. The van der Waals surface area contributed by atoms with Gasteiger partial charge in [-0.25, -0.2) is 13.4 Å². The van der Waals surface area contributed by atoms with E-state index in [1.807, 2.05) is 0 Å². The molecule has 0 aliphatic heterocycles. The summed E-state index contributed by atoms with van der Waals surface area (Å²) in [5, 5.41) is 4.43. The minimum absolute atomic E-state index is 0.0170. The number of nitrogens with one attached hydrogen (secondary N) is 1. The lowest BCUT2D eigenvalue weighted by molar-refractivity contribution is 0.103. The molecule has 0 spiro atoms. The Hall–Kier alpha value is -1.73. The molecule has 7 heteroatoms. The van der Waals surface area contributed by atoms with Crippen LogP contribution in [-0.2, 0) is 9.84 Å². The van der Waals surface area contributed by atoms with Gasteiger partial charge in [0.15, 0.2) is 14.9 Å². The molecule has 94 valence electrons. The summed E-state index contributed by atoms with van der Waals surface area (Å²) in [6.07, 6.45) is 2.40. The number of carbonyl (C=O) groups excluding carboxylic acids is 1. The van der Waals surface area contributed by atoms with Crippen LogP contribution >= 0.6 is 11.3 Å². The third-order valence-electron chi connectivity index (χ3n) is 2.12. The summed E-state index contributed by atoms with van der Waals surface area (Å²) in [5.74, 6) is -0.237. The number of thiophene rings is 1. The minimum atomic E-state index is -3.31. The molecule has 0 fully saturated rings. The largest absolute Gasteiger partial charge is 0.320 e. The topological polar surface area (TPSA) is 76.1 Å². The van der Waals surface area contributed by atoms with Crippen LogP contribution < -0.4 is 5.32 Å². The van der Waals surface area contributed by atoms with Crippen molar-refractivity contribution in [1.82, 2.24) is 4.98 Å². The molecule has 0 unspecified atom stereocenters. The van der Waals surface area contributed by atoms with Crippen LogP contribution in [0.5, 0.6) is 0 Å². The first kappa shape index (κ1) is 12.7. The van der Waals surface area contributed by atoms with Crippen LogP contribution in [0.15, 0.2) is 40.9 Å². The molecule has 0 radical (unpaired) electrons. The number of carbonyl (C=O) groups is 1. The Labute approximate surface area is 108 Å². The third-order valence-corrected chi connectivity index (χ3v) is 3.99. The number of pyridine rings is 1. The summed E-state index contributed by atoms with van der Waals surface area (Å²) < 4.78 is 22.4. The first-order chi connectivity index (χ1) is 8.47. The van der Waals surface area contributed by atoms with E-state index in [4.69, 9.17) is 0 Å². The van der Waals surface area contributed by atoms with Crippen molar-refractivity contribution in [3.05, 3.63) is 40.7 Å². The molecule has 1 amide bonds. The van der Waals surface area contributed by atoms with Crippen LogP contribution in [0.1, 0.15) is 9.67 Å². The van der Waals surface area contributed by atoms with Crippen molar-refractivity contribution >= 4 is 32.8 Å². The fraction of sp³-hybridized carbons (Fsp3) is 0.0909. The number of amides is 1. The molecular formula is C11H10N2O3S2. The van der Waals surface area contributed by atoms with Crippen LogP contribution in [0.3, 0.4) is 0 Å². The zero-order valence-corrected chi connectivity index (χ0v) is 11.1. The standard InChI is InChI=1S/C11H10N2O3S2/c1-18(15,16)10-5-4-8(7-12-10)13-11(14)9-3-2-6-17-9/h2-7H,1H3,(H,13,14). The van der Waals surface area contributed by atoms with Gasteiger partial charge >= 0.3 is 0 Å². The number of anilines is 1. The van der Waals surface area contributed by atoms with Gasteiger partial charge in [-0.15, -0.1) is 11.3 Å². The van der Waals surface area contributed by atoms with Crippen LogP contribution in [-0.4, -0.2) is 25.6 Å². The number of hydrogen-bond donors (Lipinski definition) is 1. The summed E-state index contributed by atoms with van der Waals surface area (Å²) in [5.41, 5.74) is 0.459. The lowest BCUT2D eigenvalue weighted by Gasteiger charge is -2.03. The third kappa shape index (κ3) is 2.93. The first-order valence-corrected chi connectivity index (χ1v) is 7.75. The van der Waals surface area contributed by atoms with E-state index < -0.39 is 9.84 Å². The van der Waals surface area contributed by atoms with E-state index in [2.05, 4.69) is 10.3 Å². The molecule has 0 aliphatic carbocycles. The van der Waals surface area contributed by atoms with E-state index in [0.29, 0.717) is 10.6 Å². The number of sulfone groups is 1. The zero-order valence-electron chi connectivity index (χ0n) is 9.45. The van der Waals surface area contributed by atoms with E-state index >= 15 is 0 Å². The quantitative estimate of drug-likeness (QED) is 0.931. The molecule has 0 aliphatic rings. The van der Waals surface area contributed by atoms with Crippen molar-refractivity contribution in [2.75, 3.05) is 11.6 Å². The molecule has 2 aromatic rings. The summed E-state index contributed by atoms with van der Waals surface area (Å²) in [6.45, 7) is 0. The molecule has 18 heavy (non-hydrogen) atoms. The van der Waals surface area contributed by atoms with Gasteiger partial charge in [-0.05, 0) is 23.6 Å². The average Bonchev–Trinajstić information content (AvgIpc) is 2.82. The Bertz CT molecular complexity index is 646. The maximum Gasteiger partial charge on any atom is 0.265 e. The molecular weight excluding hydrogens is 272 g/mol. The van der Waals surface area contributed by atoms with Crippen LogP contribution in [0.2, 0.25) is 0 Å². The Kier molecular flexibility index (Phi) is 3.44. The summed E-state index contributed by atoms with van der Waals surface area (Å²) in [4.78, 5) is 16.1. The summed E-state index contributed by atoms with van der Waals surface area (Å²) >= 11 is 1.33. The maximum absolute atomic E-state index is 11.7. The number of aromatic nitrogens is 1. The summed E-state index contributed by atoms with van der Waals surface area (Å²) in [7, 11) is -3.31. The van der Waals surface area contributed by atoms with Gasteiger partial charge in [-0.2, -0.15) is 0 Å². The highest BCUT2D eigenvalue weighted by Crippen LogP contribution is 2.14. The Morgan fingerprint density at radius 3 is 2.61 bits per heavy atom. The second-order valence-corrected chi connectivity index (χ2v) is 6.50. The van der Waals surface area contributed by atoms with Crippen molar-refractivity contribution in [2.45, 2.75) is 5.03 Å². The van der Waals surface area contributed by atoms with Crippen LogP contribution in [0.25, 0.3) is 0 Å². The SMILES string of the molecule is CS(=O)(=O)c1ccc(NC(=O)c2cccs2)cn1. The maximum atomic E-state index is 11.7. The van der Waals surface area contributed by atoms with Crippen LogP contribution in [0.4, 0.5) is 5.69 Å². The van der Waals surface area contributed by atoms with Gasteiger partial charge in [0, 0.05) is 6.26 Å². The number of nitrogens with zero attached hydrogens (tertiary/aromatic N) is 1. The number of rotatable bonds is 3. The molecule has 5 nitrogen and oxygen atoms in total. The molecule has 0 saturated heterocycles. The molecule has 2 aromatic heterocycles. The molecule has 2 rings (SSSR count). The van der Waals surface area contributed by atoms with Crippen molar-refractivity contribution in [2.24, 2.45) is 0 Å². The highest BCUT2D eigenvalue weighted by Gasteiger charge is 2.10. The van der Waals surface area contributed by atoms with Gasteiger partial charge in [-0.1, -0.05) is 6.07 Å². The molecule has 2 heterocycles. The lowest BCUT2D eigenvalue weighted by atomic mass is 10.4. The molecule has 0 aromatic carbocycles. The molecule has 1 N–H and O–H groups in total. The van der Waals surface area contributed by atoms with E-state index in [1.165, 1.54) is 29.7 Å². The predicted molar refractivity (Wildman–Crippen MR) is 69.6 cm³/mol. The molecule has 0 bridgehead atoms. The Morgan fingerprint density at radius 1 is 1.33 bits per heavy atom. The van der Waals surface area contributed by atoms with Gasteiger partial charge in [0.2, 0.25) is 0 Å². The van der Waals surface area contributed by atoms with Crippen molar-refractivity contribution in [3.8, 4) is 0 Å².